The molecule has 3 N–H and O–H groups in total. The Kier molecular flexibility index (Phi) is 3.39. The maximum atomic E-state index is 11.3. The van der Waals surface area contributed by atoms with E-state index in [1.54, 1.807) is 11.4 Å². The van der Waals surface area contributed by atoms with Crippen LogP contribution in [0.4, 0.5) is 0 Å². The standard InChI is InChI=1S/C7H8BrNO2S/c8-4-1-6(12-3-4)7(11)5(9)2-10/h1,3,5,10H,2,9H2. The molecule has 0 aromatic carbocycles. The van der Waals surface area contributed by atoms with E-state index in [1.165, 1.54) is 11.3 Å². The van der Waals surface area contributed by atoms with Crippen molar-refractivity contribution in [1.29, 1.82) is 0 Å². The zero-order valence-corrected chi connectivity index (χ0v) is 8.56. The minimum Gasteiger partial charge on any atom is -0.394 e. The largest absolute Gasteiger partial charge is 0.394 e. The molecule has 66 valence electrons. The number of rotatable bonds is 3. The van der Waals surface area contributed by atoms with Crippen LogP contribution in [0.2, 0.25) is 0 Å². The smallest absolute Gasteiger partial charge is 0.191 e. The maximum Gasteiger partial charge on any atom is 0.191 e. The van der Waals surface area contributed by atoms with Crippen molar-refractivity contribution in [2.75, 3.05) is 6.61 Å². The molecule has 12 heavy (non-hydrogen) atoms. The van der Waals surface area contributed by atoms with Crippen molar-refractivity contribution in [3.05, 3.63) is 20.8 Å². The first-order valence-corrected chi connectivity index (χ1v) is 4.97. The fourth-order valence-electron chi connectivity index (χ4n) is 0.708. The summed E-state index contributed by atoms with van der Waals surface area (Å²) >= 11 is 4.54. The number of aliphatic hydroxyl groups excluding tert-OH is 1. The molecule has 0 saturated carbocycles. The molecule has 1 rings (SSSR count). The Morgan fingerprint density at radius 1 is 1.83 bits per heavy atom. The summed E-state index contributed by atoms with van der Waals surface area (Å²) in [4.78, 5) is 11.9. The number of aliphatic hydroxyl groups is 1. The minimum atomic E-state index is -0.796. The number of halogens is 1. The van der Waals surface area contributed by atoms with Crippen LogP contribution in [-0.2, 0) is 0 Å². The summed E-state index contributed by atoms with van der Waals surface area (Å²) in [6.07, 6.45) is 0. The van der Waals surface area contributed by atoms with Gasteiger partial charge in [-0.15, -0.1) is 11.3 Å². The lowest BCUT2D eigenvalue weighted by Crippen LogP contribution is -2.33. The number of Topliss-reactive ketones (excluding diaryl/α,β-unsaturated/α-hetero) is 1. The molecule has 0 amide bonds. The van der Waals surface area contributed by atoms with Crippen LogP contribution in [0.5, 0.6) is 0 Å². The van der Waals surface area contributed by atoms with Gasteiger partial charge in [-0.1, -0.05) is 0 Å². The Balaban J connectivity index is 2.78. The highest BCUT2D eigenvalue weighted by Crippen LogP contribution is 2.20. The molecule has 0 aliphatic carbocycles. The Morgan fingerprint density at radius 3 is 2.92 bits per heavy atom. The average Bonchev–Trinajstić information content (AvgIpc) is 2.49. The van der Waals surface area contributed by atoms with Gasteiger partial charge in [0.1, 0.15) is 0 Å². The van der Waals surface area contributed by atoms with Gasteiger partial charge in [0.15, 0.2) is 5.78 Å². The Hall–Kier alpha value is -0.230. The van der Waals surface area contributed by atoms with Crippen LogP contribution >= 0.6 is 27.3 Å². The van der Waals surface area contributed by atoms with Crippen molar-refractivity contribution in [3.8, 4) is 0 Å². The van der Waals surface area contributed by atoms with Crippen LogP contribution in [0, 0.1) is 0 Å². The van der Waals surface area contributed by atoms with Crippen LogP contribution in [-0.4, -0.2) is 23.5 Å². The third-order valence-electron chi connectivity index (χ3n) is 1.34. The Morgan fingerprint density at radius 2 is 2.50 bits per heavy atom. The van der Waals surface area contributed by atoms with Gasteiger partial charge >= 0.3 is 0 Å². The van der Waals surface area contributed by atoms with Crippen molar-refractivity contribution in [2.24, 2.45) is 5.73 Å². The van der Waals surface area contributed by atoms with E-state index in [1.807, 2.05) is 0 Å². The number of hydrogen-bond acceptors (Lipinski definition) is 4. The number of hydrogen-bond donors (Lipinski definition) is 2. The number of thiophene rings is 1. The fraction of sp³-hybridized carbons (Fsp3) is 0.286. The molecule has 1 atom stereocenters. The van der Waals surface area contributed by atoms with E-state index in [9.17, 15) is 4.79 Å². The summed E-state index contributed by atoms with van der Waals surface area (Å²) in [6, 6.07) is 0.901. The predicted molar refractivity (Wildman–Crippen MR) is 51.4 cm³/mol. The van der Waals surface area contributed by atoms with Gasteiger partial charge in [0.05, 0.1) is 17.5 Å². The second-order valence-electron chi connectivity index (χ2n) is 2.28. The summed E-state index contributed by atoms with van der Waals surface area (Å²) in [6.45, 7) is -0.311. The average molecular weight is 250 g/mol. The molecule has 0 aliphatic rings. The zero-order chi connectivity index (χ0) is 9.14. The molecule has 0 aliphatic heterocycles. The molecule has 3 nitrogen and oxygen atoms in total. The fourth-order valence-corrected chi connectivity index (χ4v) is 2.14. The highest BCUT2D eigenvalue weighted by molar-refractivity contribution is 9.10. The molecule has 0 spiro atoms. The van der Waals surface area contributed by atoms with Gasteiger partial charge in [-0.3, -0.25) is 4.79 Å². The van der Waals surface area contributed by atoms with E-state index >= 15 is 0 Å². The summed E-state index contributed by atoms with van der Waals surface area (Å²) in [7, 11) is 0. The Labute approximate surface area is 82.3 Å². The molecule has 0 fully saturated rings. The lowest BCUT2D eigenvalue weighted by molar-refractivity contribution is 0.0929. The third-order valence-corrected chi connectivity index (χ3v) is 3.05. The first-order chi connectivity index (χ1) is 5.65. The first-order valence-electron chi connectivity index (χ1n) is 3.30. The number of nitrogens with two attached hydrogens (primary N) is 1. The molecule has 1 unspecified atom stereocenters. The molecule has 0 saturated heterocycles. The van der Waals surface area contributed by atoms with Crippen molar-refractivity contribution in [1.82, 2.24) is 0 Å². The van der Waals surface area contributed by atoms with Gasteiger partial charge < -0.3 is 10.8 Å². The van der Waals surface area contributed by atoms with Crippen LogP contribution in [0.3, 0.4) is 0 Å². The van der Waals surface area contributed by atoms with E-state index in [0.29, 0.717) is 4.88 Å². The van der Waals surface area contributed by atoms with Crippen molar-refractivity contribution in [2.45, 2.75) is 6.04 Å². The zero-order valence-electron chi connectivity index (χ0n) is 6.16. The van der Waals surface area contributed by atoms with E-state index in [-0.39, 0.29) is 12.4 Å². The topological polar surface area (TPSA) is 63.3 Å². The summed E-state index contributed by atoms with van der Waals surface area (Å²) < 4.78 is 0.862. The van der Waals surface area contributed by atoms with Crippen molar-refractivity contribution < 1.29 is 9.90 Å². The van der Waals surface area contributed by atoms with Crippen LogP contribution in [0.15, 0.2) is 15.9 Å². The van der Waals surface area contributed by atoms with E-state index < -0.39 is 6.04 Å². The highest BCUT2D eigenvalue weighted by Gasteiger charge is 2.15. The molecular formula is C7H8BrNO2S. The number of ketones is 1. The van der Waals surface area contributed by atoms with Gasteiger partial charge in [0, 0.05) is 9.85 Å². The number of carbonyl (C=O) groups excluding carboxylic acids is 1. The minimum absolute atomic E-state index is 0.215. The van der Waals surface area contributed by atoms with Crippen LogP contribution in [0.1, 0.15) is 9.67 Å². The van der Waals surface area contributed by atoms with Crippen LogP contribution < -0.4 is 5.73 Å². The molecule has 1 heterocycles. The lowest BCUT2D eigenvalue weighted by atomic mass is 10.2. The summed E-state index contributed by atoms with van der Waals surface area (Å²) in [5, 5.41) is 10.4. The molecule has 0 radical (unpaired) electrons. The monoisotopic (exact) mass is 249 g/mol. The molecule has 1 aromatic heterocycles. The van der Waals surface area contributed by atoms with E-state index in [0.717, 1.165) is 4.47 Å². The van der Waals surface area contributed by atoms with Gasteiger partial charge in [0.25, 0.3) is 0 Å². The van der Waals surface area contributed by atoms with Crippen LogP contribution in [0.25, 0.3) is 0 Å². The summed E-state index contributed by atoms with van der Waals surface area (Å²) in [5.74, 6) is -0.215. The SMILES string of the molecule is NC(CO)C(=O)c1cc(Br)cs1. The quantitative estimate of drug-likeness (QED) is 0.787. The van der Waals surface area contributed by atoms with E-state index in [2.05, 4.69) is 15.9 Å². The van der Waals surface area contributed by atoms with Gasteiger partial charge in [0.2, 0.25) is 0 Å². The third kappa shape index (κ3) is 2.13. The normalized spacial score (nSPS) is 12.9. The predicted octanol–water partition coefficient (Wildman–Crippen LogP) is 1.01. The number of carbonyl (C=O) groups is 1. The molecule has 0 bridgehead atoms. The lowest BCUT2D eigenvalue weighted by Gasteiger charge is -2.03. The van der Waals surface area contributed by atoms with Gasteiger partial charge in [-0.2, -0.15) is 0 Å². The second kappa shape index (κ2) is 4.13. The first kappa shape index (κ1) is 9.85. The van der Waals surface area contributed by atoms with E-state index in [4.69, 9.17) is 10.8 Å². The summed E-state index contributed by atoms with van der Waals surface area (Å²) in [5.41, 5.74) is 5.35. The molecule has 5 heteroatoms. The molecule has 1 aromatic rings. The van der Waals surface area contributed by atoms with Crippen molar-refractivity contribution >= 4 is 33.0 Å². The maximum absolute atomic E-state index is 11.3. The second-order valence-corrected chi connectivity index (χ2v) is 4.11. The Bertz CT molecular complexity index is 287. The highest BCUT2D eigenvalue weighted by atomic mass is 79.9. The van der Waals surface area contributed by atoms with Gasteiger partial charge in [-0.25, -0.2) is 0 Å². The van der Waals surface area contributed by atoms with Gasteiger partial charge in [-0.05, 0) is 22.0 Å². The van der Waals surface area contributed by atoms with Crippen molar-refractivity contribution in [3.63, 3.8) is 0 Å². The molecular weight excluding hydrogens is 242 g/mol.